The molecule has 3 aromatic rings. The average Bonchev–Trinajstić information content (AvgIpc) is 3.06. The zero-order valence-corrected chi connectivity index (χ0v) is 20.6. The Hall–Kier alpha value is -2.02. The maximum absolute atomic E-state index is 12.7. The molecule has 0 aliphatic heterocycles. The monoisotopic (exact) mass is 494 g/mol. The molecule has 172 valence electrons. The molecule has 0 saturated carbocycles. The molecule has 1 amide bonds. The predicted octanol–water partition coefficient (Wildman–Crippen LogP) is 6.27. The smallest absolute Gasteiger partial charge is 0.264 e. The number of aryl methyl sites for hydroxylation is 1. The van der Waals surface area contributed by atoms with Gasteiger partial charge < -0.3 is 4.98 Å². The molecule has 0 unspecified atom stereocenters. The highest BCUT2D eigenvalue weighted by Gasteiger charge is 2.19. The van der Waals surface area contributed by atoms with E-state index in [-0.39, 0.29) is 5.75 Å². The summed E-state index contributed by atoms with van der Waals surface area (Å²) in [5.41, 5.74) is 4.27. The number of carbonyl (C=O) groups excluding carboxylic acids is 1. The van der Waals surface area contributed by atoms with Gasteiger partial charge in [-0.05, 0) is 54.3 Å². The topological polar surface area (TPSA) is 79.0 Å². The van der Waals surface area contributed by atoms with Crippen molar-refractivity contribution in [3.8, 4) is 0 Å². The summed E-state index contributed by atoms with van der Waals surface area (Å²) < 4.78 is 26.7. The van der Waals surface area contributed by atoms with E-state index in [1.54, 1.807) is 24.3 Å². The van der Waals surface area contributed by atoms with Gasteiger partial charge in [-0.2, -0.15) is 0 Å². The fourth-order valence-electron chi connectivity index (χ4n) is 3.76. The number of rotatable bonds is 10. The molecule has 0 aliphatic rings. The molecular formula is C24H28Cl2N2O3S. The van der Waals surface area contributed by atoms with E-state index < -0.39 is 15.9 Å². The normalized spacial score (nSPS) is 11.8. The Morgan fingerprint density at radius 2 is 1.81 bits per heavy atom. The van der Waals surface area contributed by atoms with E-state index in [9.17, 15) is 13.2 Å². The van der Waals surface area contributed by atoms with Crippen molar-refractivity contribution in [1.29, 1.82) is 0 Å². The molecule has 2 aromatic carbocycles. The minimum atomic E-state index is -3.66. The highest BCUT2D eigenvalue weighted by molar-refractivity contribution is 7.90. The van der Waals surface area contributed by atoms with Gasteiger partial charge in [-0.15, -0.1) is 0 Å². The summed E-state index contributed by atoms with van der Waals surface area (Å²) in [6.07, 6.45) is 4.63. The van der Waals surface area contributed by atoms with Crippen LogP contribution in [-0.4, -0.2) is 25.1 Å². The van der Waals surface area contributed by atoms with Crippen LogP contribution in [0.2, 0.25) is 10.0 Å². The predicted molar refractivity (Wildman–Crippen MR) is 132 cm³/mol. The number of halogens is 2. The second kappa shape index (κ2) is 10.7. The van der Waals surface area contributed by atoms with Crippen LogP contribution < -0.4 is 4.72 Å². The fraction of sp³-hybridized carbons (Fsp3) is 0.375. The molecule has 0 spiro atoms. The molecule has 0 aliphatic carbocycles. The number of aromatic amines is 1. The van der Waals surface area contributed by atoms with E-state index in [1.165, 1.54) is 0 Å². The molecule has 32 heavy (non-hydrogen) atoms. The highest BCUT2D eigenvalue weighted by atomic mass is 35.5. The maximum atomic E-state index is 12.7. The minimum Gasteiger partial charge on any atom is -0.358 e. The lowest BCUT2D eigenvalue weighted by molar-refractivity contribution is 0.0981. The Balaban J connectivity index is 1.94. The Labute approximate surface area is 199 Å². The highest BCUT2D eigenvalue weighted by Crippen LogP contribution is 2.30. The third kappa shape index (κ3) is 6.06. The number of H-pyrrole nitrogens is 1. The van der Waals surface area contributed by atoms with Crippen LogP contribution in [0.1, 0.15) is 66.7 Å². The van der Waals surface area contributed by atoms with Gasteiger partial charge in [0.05, 0.1) is 5.75 Å². The molecule has 1 aromatic heterocycles. The third-order valence-corrected chi connectivity index (χ3v) is 7.31. The second-order valence-corrected chi connectivity index (χ2v) is 10.6. The zero-order valence-electron chi connectivity index (χ0n) is 18.3. The van der Waals surface area contributed by atoms with Gasteiger partial charge in [0.15, 0.2) is 0 Å². The Kier molecular flexibility index (Phi) is 8.26. The molecule has 0 saturated heterocycles. The summed E-state index contributed by atoms with van der Waals surface area (Å²) in [6, 6.07) is 10.6. The number of sulfonamides is 1. The van der Waals surface area contributed by atoms with E-state index in [1.807, 2.05) is 19.1 Å². The van der Waals surface area contributed by atoms with Gasteiger partial charge in [-0.3, -0.25) is 4.79 Å². The molecule has 0 atom stereocenters. The number of nitrogens with one attached hydrogen (secondary N) is 2. The van der Waals surface area contributed by atoms with Crippen LogP contribution in [0.25, 0.3) is 10.9 Å². The maximum Gasteiger partial charge on any atom is 0.264 e. The van der Waals surface area contributed by atoms with Crippen LogP contribution >= 0.6 is 23.2 Å². The quantitative estimate of drug-likeness (QED) is 0.326. The summed E-state index contributed by atoms with van der Waals surface area (Å²) in [5, 5.41) is 2.04. The number of aromatic nitrogens is 1. The number of benzene rings is 2. The Bertz CT molecular complexity index is 1220. The summed E-state index contributed by atoms with van der Waals surface area (Å²) in [5.74, 6) is -0.669. The van der Waals surface area contributed by atoms with Crippen molar-refractivity contribution < 1.29 is 13.2 Å². The van der Waals surface area contributed by atoms with E-state index >= 15 is 0 Å². The molecule has 3 rings (SSSR count). The zero-order chi connectivity index (χ0) is 23.3. The van der Waals surface area contributed by atoms with Crippen LogP contribution in [0.3, 0.4) is 0 Å². The van der Waals surface area contributed by atoms with E-state index in [2.05, 4.69) is 16.6 Å². The lowest BCUT2D eigenvalue weighted by Crippen LogP contribution is -2.32. The average molecular weight is 495 g/mol. The first-order valence-corrected chi connectivity index (χ1v) is 13.3. The van der Waals surface area contributed by atoms with Crippen LogP contribution in [0.5, 0.6) is 0 Å². The molecular weight excluding hydrogens is 467 g/mol. The van der Waals surface area contributed by atoms with Gasteiger partial charge in [0.1, 0.15) is 0 Å². The summed E-state index contributed by atoms with van der Waals surface area (Å²) in [7, 11) is -3.66. The van der Waals surface area contributed by atoms with Crippen molar-refractivity contribution in [2.24, 2.45) is 0 Å². The van der Waals surface area contributed by atoms with Crippen molar-refractivity contribution in [2.75, 3.05) is 5.75 Å². The number of amides is 1. The molecule has 0 radical (unpaired) electrons. The Morgan fingerprint density at radius 3 is 2.50 bits per heavy atom. The summed E-state index contributed by atoms with van der Waals surface area (Å²) >= 11 is 12.4. The number of hydrogen-bond donors (Lipinski definition) is 2. The van der Waals surface area contributed by atoms with Crippen LogP contribution in [0.4, 0.5) is 0 Å². The van der Waals surface area contributed by atoms with Crippen molar-refractivity contribution in [2.45, 2.75) is 52.4 Å². The van der Waals surface area contributed by atoms with Gasteiger partial charge in [-0.25, -0.2) is 13.1 Å². The van der Waals surface area contributed by atoms with Gasteiger partial charge in [0.25, 0.3) is 5.91 Å². The lowest BCUT2D eigenvalue weighted by Gasteiger charge is -2.09. The lowest BCUT2D eigenvalue weighted by atomic mass is 9.99. The van der Waals surface area contributed by atoms with Gasteiger partial charge in [0.2, 0.25) is 10.0 Å². The number of hydrogen-bond acceptors (Lipinski definition) is 3. The van der Waals surface area contributed by atoms with Crippen LogP contribution in [0.15, 0.2) is 36.4 Å². The summed E-state index contributed by atoms with van der Waals surface area (Å²) in [6.45, 7) is 4.10. The van der Waals surface area contributed by atoms with Crippen LogP contribution in [-0.2, 0) is 22.9 Å². The molecule has 8 heteroatoms. The molecule has 0 bridgehead atoms. The van der Waals surface area contributed by atoms with E-state index in [0.717, 1.165) is 53.4 Å². The van der Waals surface area contributed by atoms with Crippen LogP contribution in [0, 0.1) is 0 Å². The van der Waals surface area contributed by atoms with E-state index in [0.29, 0.717) is 28.5 Å². The number of unbranched alkanes of at least 4 members (excludes halogenated alkanes) is 2. The van der Waals surface area contributed by atoms with Crippen molar-refractivity contribution >= 4 is 50.0 Å². The number of carbonyl (C=O) groups is 1. The third-order valence-electron chi connectivity index (χ3n) is 5.40. The van der Waals surface area contributed by atoms with Crippen molar-refractivity contribution in [3.63, 3.8) is 0 Å². The van der Waals surface area contributed by atoms with Gasteiger partial charge >= 0.3 is 0 Å². The second-order valence-electron chi connectivity index (χ2n) is 7.96. The first-order chi connectivity index (χ1) is 15.2. The van der Waals surface area contributed by atoms with Gasteiger partial charge in [-0.1, -0.05) is 62.4 Å². The standard InChI is InChI=1S/C24H28Cl2N2O3S/c1-3-5-6-12-32(30,31)28-24(29)17-9-11-23-20(14-17)19(22(27-23)7-4-2)13-16-8-10-18(25)15-21(16)26/h8-11,14-15,27H,3-7,12-13H2,1-2H3,(H,28,29). The molecule has 2 N–H and O–H groups in total. The number of fused-ring (bicyclic) bond motifs is 1. The van der Waals surface area contributed by atoms with E-state index in [4.69, 9.17) is 23.2 Å². The summed E-state index contributed by atoms with van der Waals surface area (Å²) in [4.78, 5) is 16.1. The molecule has 0 fully saturated rings. The minimum absolute atomic E-state index is 0.0556. The fourth-order valence-corrected chi connectivity index (χ4v) is 5.32. The Morgan fingerprint density at radius 1 is 1.03 bits per heavy atom. The molecule has 1 heterocycles. The largest absolute Gasteiger partial charge is 0.358 e. The van der Waals surface area contributed by atoms with Gasteiger partial charge in [0, 0.05) is 38.6 Å². The SMILES string of the molecule is CCCCCS(=O)(=O)NC(=O)c1ccc2[nH]c(CCC)c(Cc3ccc(Cl)cc3Cl)c2c1. The first-order valence-electron chi connectivity index (χ1n) is 10.9. The molecule has 5 nitrogen and oxygen atoms in total. The first kappa shape index (κ1) is 24.6. The van der Waals surface area contributed by atoms with Crippen molar-refractivity contribution in [3.05, 3.63) is 68.8 Å². The van der Waals surface area contributed by atoms with Crippen molar-refractivity contribution in [1.82, 2.24) is 9.71 Å².